The SMILES string of the molecule is CCCC1NCN(C2CCC(C)CC2C)C1=O. The molecule has 17 heavy (non-hydrogen) atoms. The molecular formula is C14H26N2O. The maximum absolute atomic E-state index is 12.3. The Kier molecular flexibility index (Phi) is 4.08. The standard InChI is InChI=1S/C14H26N2O/c1-4-5-12-14(17)16(9-15-12)13-7-6-10(2)8-11(13)3/h10-13,15H,4-9H2,1-3H3. The van der Waals surface area contributed by atoms with E-state index >= 15 is 0 Å². The second-order valence-electron chi connectivity index (χ2n) is 5.97. The molecule has 1 aliphatic heterocycles. The van der Waals surface area contributed by atoms with E-state index in [1.807, 2.05) is 0 Å². The fourth-order valence-corrected chi connectivity index (χ4v) is 3.48. The highest BCUT2D eigenvalue weighted by atomic mass is 16.2. The highest BCUT2D eigenvalue weighted by Crippen LogP contribution is 2.33. The lowest BCUT2D eigenvalue weighted by molar-refractivity contribution is -0.132. The quantitative estimate of drug-likeness (QED) is 0.818. The summed E-state index contributed by atoms with van der Waals surface area (Å²) in [7, 11) is 0. The molecular weight excluding hydrogens is 212 g/mol. The third kappa shape index (κ3) is 2.65. The minimum atomic E-state index is 0.0894. The normalized spacial score (nSPS) is 38.8. The summed E-state index contributed by atoms with van der Waals surface area (Å²) < 4.78 is 0. The van der Waals surface area contributed by atoms with E-state index < -0.39 is 0 Å². The van der Waals surface area contributed by atoms with Crippen molar-refractivity contribution in [1.82, 2.24) is 10.2 Å². The molecule has 1 amide bonds. The minimum absolute atomic E-state index is 0.0894. The van der Waals surface area contributed by atoms with Gasteiger partial charge < -0.3 is 4.90 Å². The van der Waals surface area contributed by atoms with Gasteiger partial charge in [0.15, 0.2) is 0 Å². The molecule has 4 unspecified atom stereocenters. The van der Waals surface area contributed by atoms with Crippen LogP contribution in [0.4, 0.5) is 0 Å². The Hall–Kier alpha value is -0.570. The van der Waals surface area contributed by atoms with E-state index in [0.29, 0.717) is 17.9 Å². The van der Waals surface area contributed by atoms with Gasteiger partial charge in [0.25, 0.3) is 0 Å². The van der Waals surface area contributed by atoms with Gasteiger partial charge >= 0.3 is 0 Å². The number of rotatable bonds is 3. The van der Waals surface area contributed by atoms with Gasteiger partial charge in [0.2, 0.25) is 5.91 Å². The van der Waals surface area contributed by atoms with Crippen LogP contribution in [0.2, 0.25) is 0 Å². The minimum Gasteiger partial charge on any atom is -0.325 e. The first kappa shape index (κ1) is 12.9. The summed E-state index contributed by atoms with van der Waals surface area (Å²) >= 11 is 0. The summed E-state index contributed by atoms with van der Waals surface area (Å²) in [5, 5.41) is 3.36. The van der Waals surface area contributed by atoms with Crippen molar-refractivity contribution >= 4 is 5.91 Å². The van der Waals surface area contributed by atoms with E-state index in [0.717, 1.165) is 25.4 Å². The number of carbonyl (C=O) groups excluding carboxylic acids is 1. The van der Waals surface area contributed by atoms with Crippen molar-refractivity contribution in [2.45, 2.75) is 65.0 Å². The third-order valence-corrected chi connectivity index (χ3v) is 4.45. The summed E-state index contributed by atoms with van der Waals surface area (Å²) in [6.07, 6.45) is 5.79. The molecule has 1 aliphatic carbocycles. The summed E-state index contributed by atoms with van der Waals surface area (Å²) in [6, 6.07) is 0.569. The van der Waals surface area contributed by atoms with Gasteiger partial charge in [-0.1, -0.05) is 27.2 Å². The van der Waals surface area contributed by atoms with Crippen LogP contribution in [0.15, 0.2) is 0 Å². The maximum Gasteiger partial charge on any atom is 0.241 e. The Balaban J connectivity index is 1.97. The van der Waals surface area contributed by atoms with E-state index in [-0.39, 0.29) is 6.04 Å². The summed E-state index contributed by atoms with van der Waals surface area (Å²) in [5.74, 6) is 1.83. The summed E-state index contributed by atoms with van der Waals surface area (Å²) in [5.41, 5.74) is 0. The van der Waals surface area contributed by atoms with E-state index in [9.17, 15) is 4.79 Å². The smallest absolute Gasteiger partial charge is 0.241 e. The molecule has 1 saturated heterocycles. The highest BCUT2D eigenvalue weighted by Gasteiger charge is 2.38. The summed E-state index contributed by atoms with van der Waals surface area (Å²) in [6.45, 7) is 7.55. The van der Waals surface area contributed by atoms with Crippen LogP contribution in [0.1, 0.15) is 52.9 Å². The molecule has 0 bridgehead atoms. The molecule has 0 aromatic carbocycles. The van der Waals surface area contributed by atoms with Crippen LogP contribution >= 0.6 is 0 Å². The molecule has 2 aliphatic rings. The van der Waals surface area contributed by atoms with Crippen LogP contribution in [-0.2, 0) is 4.79 Å². The van der Waals surface area contributed by atoms with E-state index in [1.54, 1.807) is 0 Å². The number of nitrogens with zero attached hydrogens (tertiary/aromatic N) is 1. The van der Waals surface area contributed by atoms with Crippen molar-refractivity contribution in [3.63, 3.8) is 0 Å². The Morgan fingerprint density at radius 1 is 1.35 bits per heavy atom. The fourth-order valence-electron chi connectivity index (χ4n) is 3.48. The molecule has 0 radical (unpaired) electrons. The molecule has 2 rings (SSSR count). The number of hydrogen-bond acceptors (Lipinski definition) is 2. The Morgan fingerprint density at radius 2 is 2.12 bits per heavy atom. The van der Waals surface area contributed by atoms with Crippen LogP contribution in [0.25, 0.3) is 0 Å². The average molecular weight is 238 g/mol. The van der Waals surface area contributed by atoms with E-state index in [4.69, 9.17) is 0 Å². The van der Waals surface area contributed by atoms with Crippen molar-refractivity contribution in [3.8, 4) is 0 Å². The largest absolute Gasteiger partial charge is 0.325 e. The van der Waals surface area contributed by atoms with Crippen LogP contribution in [0.5, 0.6) is 0 Å². The molecule has 98 valence electrons. The van der Waals surface area contributed by atoms with Crippen molar-refractivity contribution in [2.75, 3.05) is 6.67 Å². The second-order valence-corrected chi connectivity index (χ2v) is 5.97. The van der Waals surface area contributed by atoms with Crippen molar-refractivity contribution in [1.29, 1.82) is 0 Å². The molecule has 1 N–H and O–H groups in total. The summed E-state index contributed by atoms with van der Waals surface area (Å²) in [4.78, 5) is 14.4. The first-order chi connectivity index (χ1) is 8.13. The molecule has 0 aromatic heterocycles. The van der Waals surface area contributed by atoms with Crippen LogP contribution in [-0.4, -0.2) is 29.6 Å². The van der Waals surface area contributed by atoms with Gasteiger partial charge in [0.1, 0.15) is 0 Å². The Bertz CT molecular complexity index is 279. The zero-order chi connectivity index (χ0) is 12.4. The zero-order valence-electron chi connectivity index (χ0n) is 11.4. The molecule has 3 nitrogen and oxygen atoms in total. The lowest BCUT2D eigenvalue weighted by atomic mass is 9.79. The van der Waals surface area contributed by atoms with Gasteiger partial charge in [-0.25, -0.2) is 0 Å². The topological polar surface area (TPSA) is 32.3 Å². The molecule has 3 heteroatoms. The van der Waals surface area contributed by atoms with Gasteiger partial charge in [-0.05, 0) is 37.5 Å². The van der Waals surface area contributed by atoms with Crippen molar-refractivity contribution in [3.05, 3.63) is 0 Å². The van der Waals surface area contributed by atoms with Gasteiger partial charge in [0, 0.05) is 6.04 Å². The van der Waals surface area contributed by atoms with Crippen molar-refractivity contribution in [2.24, 2.45) is 11.8 Å². The van der Waals surface area contributed by atoms with Crippen molar-refractivity contribution < 1.29 is 4.79 Å². The molecule has 0 spiro atoms. The lowest BCUT2D eigenvalue weighted by Crippen LogP contribution is -2.44. The monoisotopic (exact) mass is 238 g/mol. The van der Waals surface area contributed by atoms with Crippen LogP contribution in [0, 0.1) is 11.8 Å². The first-order valence-electron chi connectivity index (χ1n) is 7.17. The van der Waals surface area contributed by atoms with Gasteiger partial charge in [-0.2, -0.15) is 0 Å². The van der Waals surface area contributed by atoms with Crippen LogP contribution < -0.4 is 5.32 Å². The lowest BCUT2D eigenvalue weighted by Gasteiger charge is -2.38. The first-order valence-corrected chi connectivity index (χ1v) is 7.17. The van der Waals surface area contributed by atoms with E-state index in [1.165, 1.54) is 19.3 Å². The third-order valence-electron chi connectivity index (χ3n) is 4.45. The molecule has 4 atom stereocenters. The zero-order valence-corrected chi connectivity index (χ0v) is 11.4. The second kappa shape index (κ2) is 5.38. The van der Waals surface area contributed by atoms with Gasteiger partial charge in [-0.3, -0.25) is 10.1 Å². The predicted molar refractivity (Wildman–Crippen MR) is 69.5 cm³/mol. The van der Waals surface area contributed by atoms with Crippen LogP contribution in [0.3, 0.4) is 0 Å². The molecule has 0 aromatic rings. The van der Waals surface area contributed by atoms with E-state index in [2.05, 4.69) is 31.0 Å². The average Bonchev–Trinajstić information content (AvgIpc) is 2.62. The van der Waals surface area contributed by atoms with Gasteiger partial charge in [-0.15, -0.1) is 0 Å². The van der Waals surface area contributed by atoms with Gasteiger partial charge in [0.05, 0.1) is 12.7 Å². The maximum atomic E-state index is 12.3. The number of nitrogens with one attached hydrogen (secondary N) is 1. The molecule has 1 saturated carbocycles. The predicted octanol–water partition coefficient (Wildman–Crippen LogP) is 2.37. The number of carbonyl (C=O) groups is 1. The molecule has 1 heterocycles. The Labute approximate surface area is 105 Å². The number of amides is 1. The Morgan fingerprint density at radius 3 is 2.76 bits per heavy atom. The fraction of sp³-hybridized carbons (Fsp3) is 0.929. The number of hydrogen-bond donors (Lipinski definition) is 1. The highest BCUT2D eigenvalue weighted by molar-refractivity contribution is 5.84. The molecule has 2 fully saturated rings.